The fraction of sp³-hybridized carbons (Fsp3) is 0.250. The van der Waals surface area contributed by atoms with Crippen molar-refractivity contribution in [3.05, 3.63) is 65.2 Å². The maximum absolute atomic E-state index is 12.2. The minimum absolute atomic E-state index is 0. The molecule has 0 spiro atoms. The summed E-state index contributed by atoms with van der Waals surface area (Å²) in [5, 5.41) is 3.33. The van der Waals surface area contributed by atoms with E-state index in [1.165, 1.54) is 6.92 Å². The van der Waals surface area contributed by atoms with Crippen molar-refractivity contribution in [3.8, 4) is 0 Å². The summed E-state index contributed by atoms with van der Waals surface area (Å²) >= 11 is 0. The molecule has 2 aromatic rings. The van der Waals surface area contributed by atoms with Crippen molar-refractivity contribution in [1.82, 2.24) is 10.4 Å². The Morgan fingerprint density at radius 1 is 1.07 bits per heavy atom. The number of carbonyl (C=O) groups is 3. The highest BCUT2D eigenvalue weighted by atomic mass is 32.2. The van der Waals surface area contributed by atoms with Crippen molar-refractivity contribution in [3.63, 3.8) is 0 Å². The van der Waals surface area contributed by atoms with Crippen LogP contribution in [0.25, 0.3) is 0 Å². The Balaban J connectivity index is 0.00000256. The Hall–Kier alpha value is -3.24. The van der Waals surface area contributed by atoms with Gasteiger partial charge in [0.05, 0.1) is 29.9 Å². The molecule has 10 heteroatoms. The zero-order valence-electron chi connectivity index (χ0n) is 16.3. The summed E-state index contributed by atoms with van der Waals surface area (Å²) in [5.41, 5.74) is 1.58. The summed E-state index contributed by atoms with van der Waals surface area (Å²) in [6, 6.07) is 13.0. The van der Waals surface area contributed by atoms with Crippen LogP contribution in [-0.4, -0.2) is 50.1 Å². The van der Waals surface area contributed by atoms with Gasteiger partial charge in [-0.3, -0.25) is 23.9 Å². The second-order valence-corrected chi connectivity index (χ2v) is 8.53. The van der Waals surface area contributed by atoms with Gasteiger partial charge >= 0.3 is 0 Å². The highest BCUT2D eigenvalue weighted by Crippen LogP contribution is 2.22. The van der Waals surface area contributed by atoms with Gasteiger partial charge in [-0.05, 0) is 36.8 Å². The first kappa shape index (κ1) is 21.5. The zero-order chi connectivity index (χ0) is 21.7. The van der Waals surface area contributed by atoms with Crippen LogP contribution in [0.4, 0.5) is 5.69 Å². The van der Waals surface area contributed by atoms with Crippen molar-refractivity contribution >= 4 is 33.4 Å². The van der Waals surface area contributed by atoms with Gasteiger partial charge in [0.2, 0.25) is 15.9 Å². The number of hydroxylamine groups is 2. The first-order chi connectivity index (χ1) is 14.3. The van der Waals surface area contributed by atoms with Crippen LogP contribution < -0.4 is 10.0 Å². The van der Waals surface area contributed by atoms with Gasteiger partial charge in [-0.1, -0.05) is 24.3 Å². The lowest BCUT2D eigenvalue weighted by Gasteiger charge is -2.13. The molecule has 1 aliphatic heterocycles. The molecule has 30 heavy (non-hydrogen) atoms. The van der Waals surface area contributed by atoms with Gasteiger partial charge in [0.1, 0.15) is 0 Å². The number of hydrogen-bond acceptors (Lipinski definition) is 6. The summed E-state index contributed by atoms with van der Waals surface area (Å²) in [7, 11) is -3.40. The lowest BCUT2D eigenvalue weighted by atomic mass is 10.1. The van der Waals surface area contributed by atoms with Gasteiger partial charge in [-0.15, -0.1) is 5.06 Å². The predicted molar refractivity (Wildman–Crippen MR) is 113 cm³/mol. The lowest BCUT2D eigenvalue weighted by molar-refractivity contribution is -0.122. The number of nitrogens with one attached hydrogen (secondary N) is 2. The Kier molecular flexibility index (Phi) is 6.48. The predicted octanol–water partition coefficient (Wildman–Crippen LogP) is 1.83. The van der Waals surface area contributed by atoms with Crippen molar-refractivity contribution in [2.75, 3.05) is 23.6 Å². The maximum Gasteiger partial charge on any atom is 0.285 e. The van der Waals surface area contributed by atoms with Crippen LogP contribution in [0.1, 0.15) is 36.1 Å². The molecule has 0 bridgehead atoms. The topological polar surface area (TPSA) is 122 Å². The Labute approximate surface area is 177 Å². The second kappa shape index (κ2) is 9.06. The van der Waals surface area contributed by atoms with Gasteiger partial charge in [-0.2, -0.15) is 0 Å². The summed E-state index contributed by atoms with van der Waals surface area (Å²) in [5.74, 6) is -1.43. The van der Waals surface area contributed by atoms with E-state index in [1.807, 2.05) is 0 Å². The Morgan fingerprint density at radius 3 is 2.37 bits per heavy atom. The first-order valence-corrected chi connectivity index (χ1v) is 10.9. The average Bonchev–Trinajstić information content (AvgIpc) is 2.96. The first-order valence-electron chi connectivity index (χ1n) is 9.27. The fourth-order valence-electron chi connectivity index (χ4n) is 2.86. The van der Waals surface area contributed by atoms with Crippen molar-refractivity contribution < 1.29 is 30.5 Å². The van der Waals surface area contributed by atoms with E-state index in [0.29, 0.717) is 16.3 Å². The number of anilines is 1. The monoisotopic (exact) mass is 435 g/mol. The van der Waals surface area contributed by atoms with Crippen LogP contribution in [0.3, 0.4) is 0 Å². The molecule has 0 atom stereocenters. The van der Waals surface area contributed by atoms with Crippen molar-refractivity contribution in [2.24, 2.45) is 0 Å². The minimum Gasteiger partial charge on any atom is -0.353 e. The summed E-state index contributed by atoms with van der Waals surface area (Å²) in [4.78, 5) is 41.7. The molecule has 2 aromatic carbocycles. The normalized spacial score (nSPS) is 13.3. The SMILES string of the molecule is CCS(=O)(=O)Nc1cccc(CC(=O)NCCON2C(=O)c3ccccc3C2=O)c1.[HH].[HH]. The smallest absolute Gasteiger partial charge is 0.285 e. The van der Waals surface area contributed by atoms with Crippen LogP contribution >= 0.6 is 0 Å². The number of carbonyl (C=O) groups excluding carboxylic acids is 3. The third-order valence-corrected chi connectivity index (χ3v) is 5.65. The van der Waals surface area contributed by atoms with E-state index in [-0.39, 0.29) is 45.2 Å². The summed E-state index contributed by atoms with van der Waals surface area (Å²) < 4.78 is 25.7. The number of imide groups is 1. The number of hydrogen-bond donors (Lipinski definition) is 2. The molecule has 162 valence electrons. The number of amides is 3. The molecule has 0 unspecified atom stereocenters. The Bertz CT molecular complexity index is 1060. The summed E-state index contributed by atoms with van der Waals surface area (Å²) in [6.07, 6.45) is 0.0364. The highest BCUT2D eigenvalue weighted by molar-refractivity contribution is 7.92. The van der Waals surface area contributed by atoms with Gasteiger partial charge in [0.25, 0.3) is 11.8 Å². The molecule has 0 radical (unpaired) electrons. The van der Waals surface area contributed by atoms with E-state index in [0.717, 1.165) is 0 Å². The Morgan fingerprint density at radius 2 is 1.73 bits per heavy atom. The molecule has 3 rings (SSSR count). The van der Waals surface area contributed by atoms with Gasteiger partial charge in [0.15, 0.2) is 0 Å². The average molecular weight is 436 g/mol. The molecular formula is C20H25N3O6S. The van der Waals surface area contributed by atoms with Gasteiger partial charge in [0, 0.05) is 15.1 Å². The molecule has 1 heterocycles. The molecular weight excluding hydrogens is 410 g/mol. The third-order valence-electron chi connectivity index (χ3n) is 4.35. The molecule has 9 nitrogen and oxygen atoms in total. The van der Waals surface area contributed by atoms with Crippen LogP contribution in [0, 0.1) is 0 Å². The van der Waals surface area contributed by atoms with E-state index in [9.17, 15) is 22.8 Å². The zero-order valence-corrected chi connectivity index (χ0v) is 17.1. The van der Waals surface area contributed by atoms with Crippen molar-refractivity contribution in [2.45, 2.75) is 13.3 Å². The molecule has 1 aliphatic rings. The maximum atomic E-state index is 12.2. The number of benzene rings is 2. The molecule has 0 saturated heterocycles. The lowest BCUT2D eigenvalue weighted by Crippen LogP contribution is -2.35. The van der Waals surface area contributed by atoms with E-state index in [2.05, 4.69) is 10.0 Å². The fourth-order valence-corrected chi connectivity index (χ4v) is 3.49. The summed E-state index contributed by atoms with van der Waals surface area (Å²) in [6.45, 7) is 1.56. The van der Waals surface area contributed by atoms with Gasteiger partial charge in [-0.25, -0.2) is 8.42 Å². The molecule has 0 aromatic heterocycles. The highest BCUT2D eigenvalue weighted by Gasteiger charge is 2.36. The van der Waals surface area contributed by atoms with Crippen LogP contribution in [0.5, 0.6) is 0 Å². The molecule has 3 amide bonds. The van der Waals surface area contributed by atoms with E-state index in [4.69, 9.17) is 4.84 Å². The third kappa shape index (κ3) is 5.02. The standard InChI is InChI=1S/C20H21N3O6S.2H2/c1-2-30(27,28)22-15-7-5-6-14(12-15)13-18(24)21-10-11-29-23-19(25)16-8-3-4-9-17(16)20(23)26;;/h3-9,12,22H,2,10-11,13H2,1H3,(H,21,24);2*1H. The van der Waals surface area contributed by atoms with Crippen LogP contribution in [-0.2, 0) is 26.1 Å². The van der Waals surface area contributed by atoms with E-state index < -0.39 is 21.8 Å². The van der Waals surface area contributed by atoms with E-state index >= 15 is 0 Å². The number of fused-ring (bicyclic) bond motifs is 1. The molecule has 0 aliphatic carbocycles. The number of nitrogens with zero attached hydrogens (tertiary/aromatic N) is 1. The second-order valence-electron chi connectivity index (χ2n) is 6.52. The van der Waals surface area contributed by atoms with Crippen LogP contribution in [0.15, 0.2) is 48.5 Å². The van der Waals surface area contributed by atoms with Crippen molar-refractivity contribution in [1.29, 1.82) is 0 Å². The number of sulfonamides is 1. The molecule has 0 fully saturated rings. The number of rotatable bonds is 9. The van der Waals surface area contributed by atoms with Crippen LogP contribution in [0.2, 0.25) is 0 Å². The van der Waals surface area contributed by atoms with Gasteiger partial charge < -0.3 is 5.32 Å². The minimum atomic E-state index is -3.40. The van der Waals surface area contributed by atoms with E-state index in [1.54, 1.807) is 48.5 Å². The quantitative estimate of drug-likeness (QED) is 0.458. The molecule has 0 saturated carbocycles. The molecule has 2 N–H and O–H groups in total. The largest absolute Gasteiger partial charge is 0.353 e.